The zero-order valence-corrected chi connectivity index (χ0v) is 12.9. The molecule has 0 radical (unpaired) electrons. The zero-order valence-electron chi connectivity index (χ0n) is 12.9. The third kappa shape index (κ3) is 3.15. The van der Waals surface area contributed by atoms with Crippen LogP contribution in [0, 0.1) is 11.6 Å². The quantitative estimate of drug-likeness (QED) is 0.818. The van der Waals surface area contributed by atoms with Gasteiger partial charge in [-0.05, 0) is 39.0 Å². The van der Waals surface area contributed by atoms with Gasteiger partial charge in [-0.2, -0.15) is 0 Å². The van der Waals surface area contributed by atoms with Gasteiger partial charge in [0.25, 0.3) is 5.91 Å². The fourth-order valence-electron chi connectivity index (χ4n) is 2.41. The summed E-state index contributed by atoms with van der Waals surface area (Å²) in [6.45, 7) is 4.24. The second kappa shape index (κ2) is 5.94. The number of nitrogens with one attached hydrogen (secondary N) is 2. The summed E-state index contributed by atoms with van der Waals surface area (Å²) in [4.78, 5) is 36.9. The number of hydrogen-bond donors (Lipinski definition) is 2. The molecule has 8 heteroatoms. The average molecular weight is 325 g/mol. The Labute approximate surface area is 131 Å². The van der Waals surface area contributed by atoms with Crippen molar-refractivity contribution < 1.29 is 23.2 Å². The standard InChI is InChI=1S/C15H17F2N3O3/c1-8(2)18-12(21)7-20-13(22)15(3,19-14(20)23)10-6-9(16)4-5-11(10)17/h4-6,8H,7H2,1-3H3,(H,18,21)(H,19,23)/t15-/m0/s1. The molecule has 1 aliphatic heterocycles. The normalized spacial score (nSPS) is 20.9. The summed E-state index contributed by atoms with van der Waals surface area (Å²) < 4.78 is 27.3. The molecule has 0 unspecified atom stereocenters. The van der Waals surface area contributed by atoms with Gasteiger partial charge in [0.15, 0.2) is 0 Å². The fraction of sp³-hybridized carbons (Fsp3) is 0.400. The summed E-state index contributed by atoms with van der Waals surface area (Å²) in [6.07, 6.45) is 0. The maximum atomic E-state index is 14.0. The first-order chi connectivity index (χ1) is 10.6. The lowest BCUT2D eigenvalue weighted by Crippen LogP contribution is -2.44. The van der Waals surface area contributed by atoms with E-state index in [2.05, 4.69) is 10.6 Å². The van der Waals surface area contributed by atoms with Crippen LogP contribution in [0.15, 0.2) is 18.2 Å². The van der Waals surface area contributed by atoms with Crippen LogP contribution in [0.1, 0.15) is 26.3 Å². The largest absolute Gasteiger partial charge is 0.352 e. The topological polar surface area (TPSA) is 78.5 Å². The molecule has 1 aliphatic rings. The number of urea groups is 1. The van der Waals surface area contributed by atoms with Crippen LogP contribution in [0.3, 0.4) is 0 Å². The molecule has 1 fully saturated rings. The van der Waals surface area contributed by atoms with Crippen LogP contribution in [0.2, 0.25) is 0 Å². The number of nitrogens with zero attached hydrogens (tertiary/aromatic N) is 1. The Hall–Kier alpha value is -2.51. The van der Waals surface area contributed by atoms with Crippen LogP contribution in [-0.2, 0) is 15.1 Å². The fourth-order valence-corrected chi connectivity index (χ4v) is 2.41. The SMILES string of the molecule is CC(C)NC(=O)CN1C(=O)N[C@@](C)(c2cc(F)ccc2F)C1=O. The first kappa shape index (κ1) is 16.9. The van der Waals surface area contributed by atoms with E-state index in [0.717, 1.165) is 18.2 Å². The number of carbonyl (C=O) groups is 3. The minimum Gasteiger partial charge on any atom is -0.352 e. The molecule has 1 saturated heterocycles. The molecule has 0 aliphatic carbocycles. The Morgan fingerprint density at radius 3 is 2.61 bits per heavy atom. The molecule has 0 saturated carbocycles. The van der Waals surface area contributed by atoms with Crippen molar-refractivity contribution in [3.05, 3.63) is 35.4 Å². The lowest BCUT2D eigenvalue weighted by molar-refractivity contribution is -0.135. The van der Waals surface area contributed by atoms with Gasteiger partial charge in [0, 0.05) is 11.6 Å². The Bertz CT molecular complexity index is 678. The van der Waals surface area contributed by atoms with Crippen molar-refractivity contribution in [2.24, 2.45) is 0 Å². The summed E-state index contributed by atoms with van der Waals surface area (Å²) in [5, 5.41) is 4.88. The van der Waals surface area contributed by atoms with E-state index >= 15 is 0 Å². The van der Waals surface area contributed by atoms with Crippen molar-refractivity contribution >= 4 is 17.8 Å². The van der Waals surface area contributed by atoms with Crippen LogP contribution in [-0.4, -0.2) is 35.3 Å². The Morgan fingerprint density at radius 2 is 2.00 bits per heavy atom. The van der Waals surface area contributed by atoms with E-state index in [1.807, 2.05) is 0 Å². The number of imide groups is 1. The van der Waals surface area contributed by atoms with Crippen LogP contribution < -0.4 is 10.6 Å². The molecule has 1 atom stereocenters. The van der Waals surface area contributed by atoms with E-state index in [1.54, 1.807) is 13.8 Å². The van der Waals surface area contributed by atoms with Crippen LogP contribution in [0.4, 0.5) is 13.6 Å². The minimum absolute atomic E-state index is 0.157. The maximum Gasteiger partial charge on any atom is 0.325 e. The number of rotatable bonds is 4. The summed E-state index contributed by atoms with van der Waals surface area (Å²) in [5.41, 5.74) is -2.05. The second-order valence-corrected chi connectivity index (χ2v) is 5.79. The van der Waals surface area contributed by atoms with Crippen molar-refractivity contribution in [1.29, 1.82) is 0 Å². The molecule has 1 aromatic rings. The first-order valence-electron chi connectivity index (χ1n) is 7.04. The highest BCUT2D eigenvalue weighted by molar-refractivity contribution is 6.09. The Kier molecular flexibility index (Phi) is 4.35. The Balaban J connectivity index is 2.29. The summed E-state index contributed by atoms with van der Waals surface area (Å²) in [5.74, 6) is -2.89. The van der Waals surface area contributed by atoms with Gasteiger partial charge in [-0.15, -0.1) is 0 Å². The van der Waals surface area contributed by atoms with E-state index < -0.39 is 41.6 Å². The molecular formula is C15H17F2N3O3. The van der Waals surface area contributed by atoms with Crippen LogP contribution in [0.25, 0.3) is 0 Å². The first-order valence-corrected chi connectivity index (χ1v) is 7.04. The highest BCUT2D eigenvalue weighted by Crippen LogP contribution is 2.31. The van der Waals surface area contributed by atoms with Gasteiger partial charge in [-0.1, -0.05) is 0 Å². The lowest BCUT2D eigenvalue weighted by Gasteiger charge is -2.22. The van der Waals surface area contributed by atoms with E-state index in [-0.39, 0.29) is 11.6 Å². The minimum atomic E-state index is -1.76. The molecule has 0 spiro atoms. The molecule has 124 valence electrons. The maximum absolute atomic E-state index is 14.0. The van der Waals surface area contributed by atoms with Crippen LogP contribution >= 0.6 is 0 Å². The van der Waals surface area contributed by atoms with Gasteiger partial charge in [0.05, 0.1) is 0 Å². The van der Waals surface area contributed by atoms with Gasteiger partial charge >= 0.3 is 6.03 Å². The zero-order chi connectivity index (χ0) is 17.4. The van der Waals surface area contributed by atoms with Crippen molar-refractivity contribution in [2.75, 3.05) is 6.54 Å². The smallest absolute Gasteiger partial charge is 0.325 e. The van der Waals surface area contributed by atoms with E-state index in [1.165, 1.54) is 6.92 Å². The van der Waals surface area contributed by atoms with Gasteiger partial charge in [0.1, 0.15) is 23.7 Å². The van der Waals surface area contributed by atoms with Crippen LogP contribution in [0.5, 0.6) is 0 Å². The van der Waals surface area contributed by atoms with E-state index in [9.17, 15) is 23.2 Å². The molecule has 23 heavy (non-hydrogen) atoms. The number of hydrogen-bond acceptors (Lipinski definition) is 3. The van der Waals surface area contributed by atoms with Crippen molar-refractivity contribution in [1.82, 2.24) is 15.5 Å². The van der Waals surface area contributed by atoms with Gasteiger partial charge < -0.3 is 10.6 Å². The molecule has 0 bridgehead atoms. The molecule has 1 heterocycles. The molecule has 4 amide bonds. The molecule has 2 N–H and O–H groups in total. The monoisotopic (exact) mass is 325 g/mol. The van der Waals surface area contributed by atoms with E-state index in [4.69, 9.17) is 0 Å². The van der Waals surface area contributed by atoms with Crippen molar-refractivity contribution in [3.63, 3.8) is 0 Å². The second-order valence-electron chi connectivity index (χ2n) is 5.79. The van der Waals surface area contributed by atoms with Crippen molar-refractivity contribution in [2.45, 2.75) is 32.4 Å². The van der Waals surface area contributed by atoms with Crippen molar-refractivity contribution in [3.8, 4) is 0 Å². The molecular weight excluding hydrogens is 308 g/mol. The highest BCUT2D eigenvalue weighted by atomic mass is 19.1. The predicted molar refractivity (Wildman–Crippen MR) is 77.2 cm³/mol. The number of halogens is 2. The third-order valence-corrected chi connectivity index (χ3v) is 3.49. The summed E-state index contributed by atoms with van der Waals surface area (Å²) in [7, 11) is 0. The molecule has 6 nitrogen and oxygen atoms in total. The average Bonchev–Trinajstić information content (AvgIpc) is 2.65. The molecule has 2 rings (SSSR count). The summed E-state index contributed by atoms with van der Waals surface area (Å²) in [6, 6.07) is 1.65. The number of amides is 4. The summed E-state index contributed by atoms with van der Waals surface area (Å²) >= 11 is 0. The number of benzene rings is 1. The number of carbonyl (C=O) groups excluding carboxylic acids is 3. The molecule has 1 aromatic carbocycles. The van der Waals surface area contributed by atoms with E-state index in [0.29, 0.717) is 4.90 Å². The highest BCUT2D eigenvalue weighted by Gasteiger charge is 2.50. The lowest BCUT2D eigenvalue weighted by atomic mass is 9.91. The predicted octanol–water partition coefficient (Wildman–Crippen LogP) is 1.26. The van der Waals surface area contributed by atoms with Gasteiger partial charge in [-0.3, -0.25) is 14.5 Å². The third-order valence-electron chi connectivity index (χ3n) is 3.49. The van der Waals surface area contributed by atoms with Gasteiger partial charge in [-0.25, -0.2) is 13.6 Å². The van der Waals surface area contributed by atoms with Gasteiger partial charge in [0.2, 0.25) is 5.91 Å². The Morgan fingerprint density at radius 1 is 1.35 bits per heavy atom. The molecule has 0 aromatic heterocycles.